The minimum Gasteiger partial charge on any atom is -0.383 e. The van der Waals surface area contributed by atoms with Gasteiger partial charge in [0.25, 0.3) is 5.91 Å². The highest BCUT2D eigenvalue weighted by Gasteiger charge is 2.42. The molecule has 5 heteroatoms. The van der Waals surface area contributed by atoms with E-state index in [1.165, 1.54) is 5.56 Å². The largest absolute Gasteiger partial charge is 0.383 e. The van der Waals surface area contributed by atoms with E-state index >= 15 is 0 Å². The predicted molar refractivity (Wildman–Crippen MR) is 106 cm³/mol. The Labute approximate surface area is 162 Å². The number of likely N-dealkylation sites (tertiary alicyclic amines) is 2. The van der Waals surface area contributed by atoms with Gasteiger partial charge in [0.2, 0.25) is 5.91 Å². The van der Waals surface area contributed by atoms with Crippen molar-refractivity contribution in [3.05, 3.63) is 34.4 Å². The van der Waals surface area contributed by atoms with Crippen LogP contribution in [0.15, 0.2) is 12.1 Å². The van der Waals surface area contributed by atoms with Crippen LogP contribution in [0.4, 0.5) is 0 Å². The van der Waals surface area contributed by atoms with E-state index in [2.05, 4.69) is 19.9 Å². The Hall–Kier alpha value is -1.88. The molecular weight excluding hydrogens is 340 g/mol. The third-order valence-electron chi connectivity index (χ3n) is 6.33. The Kier molecular flexibility index (Phi) is 5.89. The van der Waals surface area contributed by atoms with E-state index in [-0.39, 0.29) is 17.2 Å². The van der Waals surface area contributed by atoms with E-state index in [4.69, 9.17) is 4.74 Å². The third-order valence-corrected chi connectivity index (χ3v) is 6.33. The van der Waals surface area contributed by atoms with Crippen molar-refractivity contribution in [3.63, 3.8) is 0 Å². The summed E-state index contributed by atoms with van der Waals surface area (Å²) in [5.41, 5.74) is 4.27. The molecule has 2 aliphatic heterocycles. The van der Waals surface area contributed by atoms with Crippen molar-refractivity contribution < 1.29 is 14.3 Å². The van der Waals surface area contributed by atoms with Gasteiger partial charge in [-0.25, -0.2) is 0 Å². The van der Waals surface area contributed by atoms with Crippen LogP contribution in [-0.2, 0) is 9.53 Å². The quantitative estimate of drug-likeness (QED) is 0.816. The molecule has 2 saturated heterocycles. The smallest absolute Gasteiger partial charge is 0.254 e. The van der Waals surface area contributed by atoms with E-state index in [9.17, 15) is 9.59 Å². The highest BCUT2D eigenvalue weighted by molar-refractivity contribution is 5.96. The second kappa shape index (κ2) is 8.01. The van der Waals surface area contributed by atoms with Crippen molar-refractivity contribution in [1.82, 2.24) is 9.80 Å². The Bertz CT molecular complexity index is 731. The molecule has 2 fully saturated rings. The molecule has 1 aromatic carbocycles. The zero-order chi connectivity index (χ0) is 19.6. The fraction of sp³-hybridized carbons (Fsp3) is 0.636. The van der Waals surface area contributed by atoms with Crippen LogP contribution in [0.25, 0.3) is 0 Å². The molecule has 2 heterocycles. The van der Waals surface area contributed by atoms with Crippen LogP contribution in [0.3, 0.4) is 0 Å². The van der Waals surface area contributed by atoms with E-state index in [1.807, 2.05) is 22.8 Å². The molecule has 1 spiro atoms. The standard InChI is InChI=1S/C22H32N2O3/c1-16-12-18(3)19(13-17(16)2)21(26)24-9-5-7-22(15-24)8-6-20(25)23(14-22)10-11-27-4/h12-13H,5-11,14-15H2,1-4H3/t22-/m0/s1. The molecule has 2 amide bonds. The van der Waals surface area contributed by atoms with Crippen LogP contribution in [0.1, 0.15) is 52.7 Å². The van der Waals surface area contributed by atoms with Crippen LogP contribution in [0.2, 0.25) is 0 Å². The summed E-state index contributed by atoms with van der Waals surface area (Å²) < 4.78 is 5.16. The predicted octanol–water partition coefficient (Wildman–Crippen LogP) is 3.10. The molecule has 1 atom stereocenters. The number of amides is 2. The Morgan fingerprint density at radius 2 is 1.85 bits per heavy atom. The lowest BCUT2D eigenvalue weighted by molar-refractivity contribution is -0.139. The summed E-state index contributed by atoms with van der Waals surface area (Å²) in [6.45, 7) is 9.65. The molecule has 3 rings (SSSR count). The fourth-order valence-corrected chi connectivity index (χ4v) is 4.58. The van der Waals surface area contributed by atoms with E-state index in [0.717, 1.165) is 55.6 Å². The maximum absolute atomic E-state index is 13.3. The summed E-state index contributed by atoms with van der Waals surface area (Å²) in [4.78, 5) is 29.5. The highest BCUT2D eigenvalue weighted by atomic mass is 16.5. The van der Waals surface area contributed by atoms with Crippen LogP contribution in [-0.4, -0.2) is 61.5 Å². The lowest BCUT2D eigenvalue weighted by atomic mass is 9.73. The summed E-state index contributed by atoms with van der Waals surface area (Å²) in [5, 5.41) is 0. The van der Waals surface area contributed by atoms with Gasteiger partial charge in [0.1, 0.15) is 0 Å². The first-order valence-corrected chi connectivity index (χ1v) is 9.99. The highest BCUT2D eigenvalue weighted by Crippen LogP contribution is 2.39. The number of rotatable bonds is 4. The van der Waals surface area contributed by atoms with Crippen molar-refractivity contribution in [2.75, 3.05) is 39.9 Å². The van der Waals surface area contributed by atoms with Crippen molar-refractivity contribution in [2.45, 2.75) is 46.5 Å². The van der Waals surface area contributed by atoms with Crippen molar-refractivity contribution in [3.8, 4) is 0 Å². The van der Waals surface area contributed by atoms with Crippen molar-refractivity contribution >= 4 is 11.8 Å². The maximum atomic E-state index is 13.3. The van der Waals surface area contributed by atoms with Crippen LogP contribution >= 0.6 is 0 Å². The van der Waals surface area contributed by atoms with Crippen LogP contribution in [0, 0.1) is 26.2 Å². The number of aryl methyl sites for hydroxylation is 3. The number of carbonyl (C=O) groups is 2. The van der Waals surface area contributed by atoms with Crippen LogP contribution in [0.5, 0.6) is 0 Å². The fourth-order valence-electron chi connectivity index (χ4n) is 4.58. The number of hydrogen-bond acceptors (Lipinski definition) is 3. The first-order chi connectivity index (χ1) is 12.8. The van der Waals surface area contributed by atoms with Gasteiger partial charge in [-0.1, -0.05) is 6.07 Å². The molecule has 148 valence electrons. The summed E-state index contributed by atoms with van der Waals surface area (Å²) in [6.07, 6.45) is 3.54. The third kappa shape index (κ3) is 4.18. The van der Waals surface area contributed by atoms with Gasteiger partial charge in [0.15, 0.2) is 0 Å². The average Bonchev–Trinajstić information content (AvgIpc) is 2.65. The van der Waals surface area contributed by atoms with E-state index in [1.54, 1.807) is 7.11 Å². The van der Waals surface area contributed by atoms with Gasteiger partial charge in [0.05, 0.1) is 6.61 Å². The summed E-state index contributed by atoms with van der Waals surface area (Å²) >= 11 is 0. The summed E-state index contributed by atoms with van der Waals surface area (Å²) in [7, 11) is 1.66. The zero-order valence-corrected chi connectivity index (χ0v) is 17.1. The Morgan fingerprint density at radius 1 is 1.11 bits per heavy atom. The number of ether oxygens (including phenoxy) is 1. The van der Waals surface area contributed by atoms with E-state index < -0.39 is 0 Å². The molecule has 1 aromatic rings. The number of nitrogens with zero attached hydrogens (tertiary/aromatic N) is 2. The maximum Gasteiger partial charge on any atom is 0.254 e. The molecule has 5 nitrogen and oxygen atoms in total. The summed E-state index contributed by atoms with van der Waals surface area (Å²) in [6, 6.07) is 4.14. The minimum absolute atomic E-state index is 0.0310. The molecule has 0 N–H and O–H groups in total. The van der Waals surface area contributed by atoms with Gasteiger partial charge < -0.3 is 14.5 Å². The SMILES string of the molecule is COCCN1C[C@]2(CCCN(C(=O)c3cc(C)c(C)cc3C)C2)CCC1=O. The molecule has 0 aliphatic carbocycles. The lowest BCUT2D eigenvalue weighted by Gasteiger charge is -2.48. The molecule has 27 heavy (non-hydrogen) atoms. The normalized spacial score (nSPS) is 23.2. The molecule has 0 unspecified atom stereocenters. The number of carbonyl (C=O) groups excluding carboxylic acids is 2. The molecule has 2 aliphatic rings. The van der Waals surface area contributed by atoms with Crippen molar-refractivity contribution in [1.29, 1.82) is 0 Å². The Balaban J connectivity index is 1.76. The molecule has 0 aromatic heterocycles. The second-order valence-electron chi connectivity index (χ2n) is 8.39. The molecule has 0 saturated carbocycles. The number of hydrogen-bond donors (Lipinski definition) is 0. The first-order valence-electron chi connectivity index (χ1n) is 9.99. The van der Waals surface area contributed by atoms with Gasteiger partial charge in [-0.05, 0) is 62.8 Å². The number of methoxy groups -OCH3 is 1. The Morgan fingerprint density at radius 3 is 2.59 bits per heavy atom. The monoisotopic (exact) mass is 372 g/mol. The van der Waals surface area contributed by atoms with Gasteiger partial charge >= 0.3 is 0 Å². The first kappa shape index (κ1) is 19.9. The molecular formula is C22H32N2O3. The summed E-state index contributed by atoms with van der Waals surface area (Å²) in [5.74, 6) is 0.348. The van der Waals surface area contributed by atoms with Gasteiger partial charge in [-0.3, -0.25) is 9.59 Å². The van der Waals surface area contributed by atoms with Gasteiger partial charge in [-0.2, -0.15) is 0 Å². The minimum atomic E-state index is 0.0310. The van der Waals surface area contributed by atoms with Crippen LogP contribution < -0.4 is 0 Å². The molecule has 0 bridgehead atoms. The average molecular weight is 373 g/mol. The molecule has 0 radical (unpaired) electrons. The number of piperidine rings is 2. The van der Waals surface area contributed by atoms with E-state index in [0.29, 0.717) is 19.6 Å². The van der Waals surface area contributed by atoms with Gasteiger partial charge in [-0.15, -0.1) is 0 Å². The number of benzene rings is 1. The lowest BCUT2D eigenvalue weighted by Crippen LogP contribution is -2.55. The second-order valence-corrected chi connectivity index (χ2v) is 8.39. The zero-order valence-electron chi connectivity index (χ0n) is 17.1. The van der Waals surface area contributed by atoms with Crippen molar-refractivity contribution in [2.24, 2.45) is 5.41 Å². The van der Waals surface area contributed by atoms with Gasteiger partial charge in [0, 0.05) is 50.7 Å². The topological polar surface area (TPSA) is 49.9 Å².